The molecule has 1 saturated carbocycles. The summed E-state index contributed by atoms with van der Waals surface area (Å²) in [5.74, 6) is 0.449. The van der Waals surface area contributed by atoms with E-state index in [1.54, 1.807) is 6.33 Å². The van der Waals surface area contributed by atoms with Crippen LogP contribution in [0.4, 0.5) is 8.78 Å². The fourth-order valence-corrected chi connectivity index (χ4v) is 3.04. The molecule has 6 nitrogen and oxygen atoms in total. The van der Waals surface area contributed by atoms with E-state index in [4.69, 9.17) is 0 Å². The number of nitrogens with one attached hydrogen (secondary N) is 2. The van der Waals surface area contributed by atoms with Crippen molar-refractivity contribution in [1.82, 2.24) is 25.4 Å². The van der Waals surface area contributed by atoms with Crippen molar-refractivity contribution in [3.63, 3.8) is 0 Å². The van der Waals surface area contributed by atoms with Gasteiger partial charge in [-0.3, -0.25) is 4.99 Å². The molecule has 1 heterocycles. The topological polar surface area (TPSA) is 67.1 Å². The molecule has 1 fully saturated rings. The average molecular weight is 490 g/mol. The Bertz CT molecular complexity index is 759. The third kappa shape index (κ3) is 5.36. The van der Waals surface area contributed by atoms with Crippen molar-refractivity contribution in [2.75, 3.05) is 13.1 Å². The van der Waals surface area contributed by atoms with E-state index in [0.717, 1.165) is 12.2 Å². The van der Waals surface area contributed by atoms with Crippen LogP contribution in [0.2, 0.25) is 0 Å². The maximum atomic E-state index is 13.9. The minimum Gasteiger partial charge on any atom is -0.357 e. The van der Waals surface area contributed by atoms with Crippen molar-refractivity contribution in [3.05, 3.63) is 47.5 Å². The first kappa shape index (κ1) is 21.5. The standard InChI is InChI=1S/C18H24F2N6.HI/c1-3-16-25-23-11-26(16)9-8-22-18(21-4-2)24-15-10-12(15)17-13(19)6-5-7-14(17)20;/h5-7,11-12,15H,3-4,8-10H2,1-2H3,(H2,21,22,24);1H. The minimum absolute atomic E-state index is 0. The first-order chi connectivity index (χ1) is 12.6. The van der Waals surface area contributed by atoms with Gasteiger partial charge < -0.3 is 15.2 Å². The number of benzene rings is 1. The van der Waals surface area contributed by atoms with E-state index in [9.17, 15) is 8.78 Å². The SMILES string of the molecule is CCNC(=NCCn1cnnc1CC)NC1CC1c1c(F)cccc1F.I. The van der Waals surface area contributed by atoms with Crippen LogP contribution in [0.3, 0.4) is 0 Å². The molecule has 0 saturated heterocycles. The van der Waals surface area contributed by atoms with E-state index in [2.05, 4.69) is 25.8 Å². The monoisotopic (exact) mass is 490 g/mol. The van der Waals surface area contributed by atoms with Gasteiger partial charge in [0.05, 0.1) is 6.54 Å². The molecular formula is C18H25F2IN6. The molecule has 2 atom stereocenters. The molecule has 2 aromatic rings. The Kier molecular flexibility index (Phi) is 7.93. The van der Waals surface area contributed by atoms with Gasteiger partial charge in [-0.05, 0) is 25.5 Å². The fourth-order valence-electron chi connectivity index (χ4n) is 3.04. The number of guanidine groups is 1. The molecule has 3 rings (SSSR count). The third-order valence-electron chi connectivity index (χ3n) is 4.45. The predicted octanol–water partition coefficient (Wildman–Crippen LogP) is 2.85. The summed E-state index contributed by atoms with van der Waals surface area (Å²) in [6, 6.07) is 3.98. The second kappa shape index (κ2) is 9.95. The maximum absolute atomic E-state index is 13.9. The number of rotatable bonds is 7. The van der Waals surface area contributed by atoms with Crippen LogP contribution in [0, 0.1) is 11.6 Å². The Morgan fingerprint density at radius 1 is 1.30 bits per heavy atom. The van der Waals surface area contributed by atoms with Crippen molar-refractivity contribution in [2.24, 2.45) is 4.99 Å². The van der Waals surface area contributed by atoms with Gasteiger partial charge in [-0.2, -0.15) is 0 Å². The Hall–Kier alpha value is -1.78. The van der Waals surface area contributed by atoms with E-state index < -0.39 is 11.6 Å². The van der Waals surface area contributed by atoms with Crippen LogP contribution in [-0.2, 0) is 13.0 Å². The molecule has 27 heavy (non-hydrogen) atoms. The minimum atomic E-state index is -0.485. The molecular weight excluding hydrogens is 465 g/mol. The number of aromatic nitrogens is 3. The first-order valence-corrected chi connectivity index (χ1v) is 8.99. The van der Waals surface area contributed by atoms with Gasteiger partial charge in [0.2, 0.25) is 0 Å². The number of halogens is 3. The summed E-state index contributed by atoms with van der Waals surface area (Å²) in [6.45, 7) is 5.97. The highest BCUT2D eigenvalue weighted by Crippen LogP contribution is 2.42. The Morgan fingerprint density at radius 3 is 2.70 bits per heavy atom. The Balaban J connectivity index is 0.00000261. The molecule has 0 bridgehead atoms. The van der Waals surface area contributed by atoms with Gasteiger partial charge in [0.15, 0.2) is 5.96 Å². The van der Waals surface area contributed by atoms with Crippen molar-refractivity contribution < 1.29 is 8.78 Å². The predicted molar refractivity (Wildman–Crippen MR) is 111 cm³/mol. The van der Waals surface area contributed by atoms with E-state index in [1.165, 1.54) is 18.2 Å². The summed E-state index contributed by atoms with van der Waals surface area (Å²) in [5.41, 5.74) is 0.165. The van der Waals surface area contributed by atoms with Crippen LogP contribution < -0.4 is 10.6 Å². The Labute approximate surface area is 174 Å². The molecule has 1 aliphatic rings. The summed E-state index contributed by atoms with van der Waals surface area (Å²) < 4.78 is 29.8. The quantitative estimate of drug-likeness (QED) is 0.356. The molecule has 148 valence electrons. The molecule has 1 aliphatic carbocycles. The summed E-state index contributed by atoms with van der Waals surface area (Å²) in [6.07, 6.45) is 3.21. The van der Waals surface area contributed by atoms with E-state index in [0.29, 0.717) is 32.0 Å². The van der Waals surface area contributed by atoms with E-state index >= 15 is 0 Å². The molecule has 0 aliphatic heterocycles. The fraction of sp³-hybridized carbons (Fsp3) is 0.500. The number of hydrogen-bond donors (Lipinski definition) is 2. The van der Waals surface area contributed by atoms with Crippen molar-refractivity contribution in [3.8, 4) is 0 Å². The summed E-state index contributed by atoms with van der Waals surface area (Å²) >= 11 is 0. The second-order valence-corrected chi connectivity index (χ2v) is 6.28. The molecule has 0 amide bonds. The molecule has 9 heteroatoms. The molecule has 2 N–H and O–H groups in total. The van der Waals surface area contributed by atoms with Crippen LogP contribution in [0.5, 0.6) is 0 Å². The van der Waals surface area contributed by atoms with Crippen LogP contribution in [-0.4, -0.2) is 39.9 Å². The third-order valence-corrected chi connectivity index (χ3v) is 4.45. The number of nitrogens with zero attached hydrogens (tertiary/aromatic N) is 4. The van der Waals surface area contributed by atoms with Crippen LogP contribution >= 0.6 is 24.0 Å². The van der Waals surface area contributed by atoms with E-state index in [1.807, 2.05) is 18.4 Å². The van der Waals surface area contributed by atoms with Gasteiger partial charge in [0.25, 0.3) is 0 Å². The Morgan fingerprint density at radius 2 is 2.04 bits per heavy atom. The lowest BCUT2D eigenvalue weighted by molar-refractivity contribution is 0.553. The lowest BCUT2D eigenvalue weighted by Gasteiger charge is -2.12. The van der Waals surface area contributed by atoms with E-state index in [-0.39, 0.29) is 41.5 Å². The highest BCUT2D eigenvalue weighted by Gasteiger charge is 2.42. The molecule has 1 aromatic carbocycles. The molecule has 0 radical (unpaired) electrons. The zero-order chi connectivity index (χ0) is 18.5. The van der Waals surface area contributed by atoms with Crippen LogP contribution in [0.25, 0.3) is 0 Å². The van der Waals surface area contributed by atoms with Crippen molar-refractivity contribution in [1.29, 1.82) is 0 Å². The first-order valence-electron chi connectivity index (χ1n) is 8.99. The van der Waals surface area contributed by atoms with Gasteiger partial charge in [-0.1, -0.05) is 13.0 Å². The maximum Gasteiger partial charge on any atom is 0.191 e. The van der Waals surface area contributed by atoms with Gasteiger partial charge in [0.1, 0.15) is 23.8 Å². The van der Waals surface area contributed by atoms with Crippen molar-refractivity contribution in [2.45, 2.75) is 45.2 Å². The van der Waals surface area contributed by atoms with Gasteiger partial charge >= 0.3 is 0 Å². The lowest BCUT2D eigenvalue weighted by atomic mass is 10.1. The zero-order valence-electron chi connectivity index (χ0n) is 15.5. The summed E-state index contributed by atoms with van der Waals surface area (Å²) in [7, 11) is 0. The highest BCUT2D eigenvalue weighted by molar-refractivity contribution is 14.0. The largest absolute Gasteiger partial charge is 0.357 e. The summed E-state index contributed by atoms with van der Waals surface area (Å²) in [4.78, 5) is 4.55. The number of aliphatic imine (C=N–C) groups is 1. The van der Waals surface area contributed by atoms with Crippen LogP contribution in [0.15, 0.2) is 29.5 Å². The average Bonchev–Trinajstić information content (AvgIpc) is 3.19. The number of aryl methyl sites for hydroxylation is 1. The smallest absolute Gasteiger partial charge is 0.191 e. The van der Waals surface area contributed by atoms with Gasteiger partial charge in [-0.25, -0.2) is 8.78 Å². The number of hydrogen-bond acceptors (Lipinski definition) is 3. The molecule has 1 aromatic heterocycles. The normalized spacial score (nSPS) is 18.7. The lowest BCUT2D eigenvalue weighted by Crippen LogP contribution is -2.39. The molecule has 2 unspecified atom stereocenters. The second-order valence-electron chi connectivity index (χ2n) is 6.28. The highest BCUT2D eigenvalue weighted by atomic mass is 127. The zero-order valence-corrected chi connectivity index (χ0v) is 17.8. The van der Waals surface area contributed by atoms with Crippen LogP contribution in [0.1, 0.15) is 37.6 Å². The summed E-state index contributed by atoms with van der Waals surface area (Å²) in [5, 5.41) is 14.4. The van der Waals surface area contributed by atoms with Gasteiger partial charge in [-0.15, -0.1) is 34.2 Å². The molecule has 0 spiro atoms. The van der Waals surface area contributed by atoms with Crippen molar-refractivity contribution >= 4 is 29.9 Å². The van der Waals surface area contributed by atoms with Gasteiger partial charge in [0, 0.05) is 37.0 Å².